The average molecular weight is 323 g/mol. The number of nitrogens with zero attached hydrogens (tertiary/aromatic N) is 3. The zero-order valence-corrected chi connectivity index (χ0v) is 12.7. The number of aliphatic carboxylic acids is 1. The normalized spacial score (nSPS) is 15.4. The van der Waals surface area contributed by atoms with Gasteiger partial charge in [-0.15, -0.1) is 11.8 Å². The number of nitriles is 1. The summed E-state index contributed by atoms with van der Waals surface area (Å²) >= 11 is 1.12. The van der Waals surface area contributed by atoms with Crippen molar-refractivity contribution >= 4 is 29.6 Å². The average Bonchev–Trinajstić information content (AvgIpc) is 2.53. The molecule has 8 heteroatoms. The molecule has 1 N–H and O–H groups in total. The summed E-state index contributed by atoms with van der Waals surface area (Å²) < 4.78 is 13.0. The molecule has 2 heterocycles. The third-order valence-corrected chi connectivity index (χ3v) is 4.33. The lowest BCUT2D eigenvalue weighted by Gasteiger charge is -2.31. The predicted octanol–water partition coefficient (Wildman–Crippen LogP) is 2.09. The number of halogens is 1. The molecule has 116 valence electrons. The second-order valence-corrected chi connectivity index (χ2v) is 5.70. The standard InChI is InChI=1S/C14H14FN3O3S/c1-22-13-10(11(15)19)6-9(7-16)12(17-13)18-4-2-8(3-5-18)14(20)21/h6,8H,2-5H2,1H3,(H,20,21). The minimum Gasteiger partial charge on any atom is -0.481 e. The van der Waals surface area contributed by atoms with Gasteiger partial charge in [-0.25, -0.2) is 4.98 Å². The molecule has 1 aromatic heterocycles. The van der Waals surface area contributed by atoms with Crippen molar-refractivity contribution in [1.82, 2.24) is 4.98 Å². The molecule has 2 rings (SSSR count). The molecule has 0 atom stereocenters. The van der Waals surface area contributed by atoms with Crippen LogP contribution in [0.5, 0.6) is 0 Å². The summed E-state index contributed by atoms with van der Waals surface area (Å²) in [7, 11) is 0. The van der Waals surface area contributed by atoms with Crippen LogP contribution >= 0.6 is 11.8 Å². The van der Waals surface area contributed by atoms with Crippen molar-refractivity contribution in [1.29, 1.82) is 5.26 Å². The number of anilines is 1. The van der Waals surface area contributed by atoms with Crippen LogP contribution in [0.2, 0.25) is 0 Å². The molecule has 0 spiro atoms. The first-order valence-electron chi connectivity index (χ1n) is 6.64. The molecule has 1 aliphatic heterocycles. The summed E-state index contributed by atoms with van der Waals surface area (Å²) in [6.45, 7) is 0.908. The first-order valence-corrected chi connectivity index (χ1v) is 7.87. The van der Waals surface area contributed by atoms with E-state index in [0.29, 0.717) is 31.7 Å². The molecule has 0 radical (unpaired) electrons. The van der Waals surface area contributed by atoms with Crippen LogP contribution in [-0.2, 0) is 4.79 Å². The topological polar surface area (TPSA) is 94.3 Å². The van der Waals surface area contributed by atoms with Gasteiger partial charge in [-0.05, 0) is 25.2 Å². The number of carbonyl (C=O) groups excluding carboxylic acids is 1. The van der Waals surface area contributed by atoms with E-state index in [1.165, 1.54) is 6.07 Å². The molecule has 0 unspecified atom stereocenters. The Morgan fingerprint density at radius 1 is 1.50 bits per heavy atom. The smallest absolute Gasteiger partial charge is 0.334 e. The van der Waals surface area contributed by atoms with E-state index < -0.39 is 17.9 Å². The van der Waals surface area contributed by atoms with Gasteiger partial charge >= 0.3 is 12.0 Å². The number of carbonyl (C=O) groups is 2. The molecule has 1 aromatic rings. The van der Waals surface area contributed by atoms with Crippen molar-refractivity contribution in [3.8, 4) is 6.07 Å². The van der Waals surface area contributed by atoms with Gasteiger partial charge in [-0.2, -0.15) is 9.65 Å². The lowest BCUT2D eigenvalue weighted by Crippen LogP contribution is -2.37. The maximum Gasteiger partial charge on any atom is 0.334 e. The van der Waals surface area contributed by atoms with Gasteiger partial charge in [-0.1, -0.05) is 0 Å². The van der Waals surface area contributed by atoms with E-state index in [1.54, 1.807) is 6.26 Å². The maximum absolute atomic E-state index is 13.0. The Labute approximate surface area is 130 Å². The number of pyridine rings is 1. The molecular formula is C14H14FN3O3S. The number of aromatic nitrogens is 1. The predicted molar refractivity (Wildman–Crippen MR) is 78.7 cm³/mol. The Bertz CT molecular complexity index is 651. The molecule has 1 saturated heterocycles. The van der Waals surface area contributed by atoms with E-state index >= 15 is 0 Å². The SMILES string of the molecule is CSc1nc(N2CCC(C(=O)O)CC2)c(C#N)cc1C(=O)F. The van der Waals surface area contributed by atoms with Gasteiger partial charge < -0.3 is 10.0 Å². The van der Waals surface area contributed by atoms with E-state index in [9.17, 15) is 19.2 Å². The molecule has 0 amide bonds. The highest BCUT2D eigenvalue weighted by atomic mass is 32.2. The van der Waals surface area contributed by atoms with Crippen LogP contribution in [0, 0.1) is 17.2 Å². The molecule has 22 heavy (non-hydrogen) atoms. The summed E-state index contributed by atoms with van der Waals surface area (Å²) in [5.74, 6) is -0.842. The summed E-state index contributed by atoms with van der Waals surface area (Å²) in [6.07, 6.45) is 2.59. The molecule has 0 saturated carbocycles. The number of hydrogen-bond acceptors (Lipinski definition) is 6. The summed E-state index contributed by atoms with van der Waals surface area (Å²) in [5.41, 5.74) is -0.0965. The Balaban J connectivity index is 2.34. The number of carboxylic acids is 1. The van der Waals surface area contributed by atoms with Gasteiger partial charge in [0.2, 0.25) is 0 Å². The van der Waals surface area contributed by atoms with Crippen molar-refractivity contribution in [3.05, 3.63) is 17.2 Å². The molecule has 0 aliphatic carbocycles. The third-order valence-electron chi connectivity index (χ3n) is 3.64. The van der Waals surface area contributed by atoms with Gasteiger partial charge in [-0.3, -0.25) is 9.59 Å². The Morgan fingerprint density at radius 3 is 2.59 bits per heavy atom. The number of hydrogen-bond donors (Lipinski definition) is 1. The summed E-state index contributed by atoms with van der Waals surface area (Å²) in [6, 6.07) is 1.51. The van der Waals surface area contributed by atoms with Crippen LogP contribution < -0.4 is 4.90 Å². The summed E-state index contributed by atoms with van der Waals surface area (Å²) in [5, 5.41) is 18.4. The van der Waals surface area contributed by atoms with Crippen molar-refractivity contribution < 1.29 is 19.1 Å². The molecular weight excluding hydrogens is 309 g/mol. The number of thioether (sulfide) groups is 1. The van der Waals surface area contributed by atoms with E-state index in [0.717, 1.165) is 11.8 Å². The Morgan fingerprint density at radius 2 is 2.14 bits per heavy atom. The quantitative estimate of drug-likeness (QED) is 0.669. The number of carboxylic acid groups (broad SMARTS) is 1. The van der Waals surface area contributed by atoms with Crippen LogP contribution in [-0.4, -0.2) is 41.4 Å². The molecule has 6 nitrogen and oxygen atoms in total. The van der Waals surface area contributed by atoms with Crippen LogP contribution in [0.1, 0.15) is 28.8 Å². The fourth-order valence-electron chi connectivity index (χ4n) is 2.45. The monoisotopic (exact) mass is 323 g/mol. The van der Waals surface area contributed by atoms with Crippen LogP contribution in [0.25, 0.3) is 0 Å². The van der Waals surface area contributed by atoms with Crippen molar-refractivity contribution in [2.45, 2.75) is 17.9 Å². The maximum atomic E-state index is 13.0. The lowest BCUT2D eigenvalue weighted by molar-refractivity contribution is -0.142. The minimum atomic E-state index is -1.62. The Hall–Kier alpha value is -2.14. The van der Waals surface area contributed by atoms with Crippen LogP contribution in [0.15, 0.2) is 11.1 Å². The zero-order chi connectivity index (χ0) is 16.3. The molecule has 1 fully saturated rings. The fraction of sp³-hybridized carbons (Fsp3) is 0.429. The largest absolute Gasteiger partial charge is 0.481 e. The van der Waals surface area contributed by atoms with Crippen LogP contribution in [0.3, 0.4) is 0 Å². The van der Waals surface area contributed by atoms with Gasteiger partial charge in [0.25, 0.3) is 0 Å². The minimum absolute atomic E-state index is 0.118. The molecule has 0 bridgehead atoms. The van der Waals surface area contributed by atoms with Gasteiger partial charge in [0, 0.05) is 13.1 Å². The highest BCUT2D eigenvalue weighted by molar-refractivity contribution is 7.98. The third kappa shape index (κ3) is 3.20. The second-order valence-electron chi connectivity index (χ2n) is 4.90. The first kappa shape index (κ1) is 16.2. The molecule has 0 aromatic carbocycles. The fourth-order valence-corrected chi connectivity index (χ4v) is 2.98. The number of piperidine rings is 1. The van der Waals surface area contributed by atoms with Crippen molar-refractivity contribution in [2.24, 2.45) is 5.92 Å². The Kier molecular flexibility index (Phi) is 4.98. The van der Waals surface area contributed by atoms with E-state index in [1.807, 2.05) is 11.0 Å². The van der Waals surface area contributed by atoms with Gasteiger partial charge in [0.05, 0.1) is 17.0 Å². The van der Waals surface area contributed by atoms with E-state index in [4.69, 9.17) is 5.11 Å². The van der Waals surface area contributed by atoms with Gasteiger partial charge in [0.15, 0.2) is 0 Å². The zero-order valence-electron chi connectivity index (χ0n) is 11.9. The highest BCUT2D eigenvalue weighted by Crippen LogP contribution is 2.29. The van der Waals surface area contributed by atoms with Crippen LogP contribution in [0.4, 0.5) is 10.2 Å². The lowest BCUT2D eigenvalue weighted by atomic mass is 9.97. The second kappa shape index (κ2) is 6.75. The molecule has 1 aliphatic rings. The highest BCUT2D eigenvalue weighted by Gasteiger charge is 2.27. The first-order chi connectivity index (χ1) is 10.5. The van der Waals surface area contributed by atoms with E-state index in [2.05, 4.69) is 4.98 Å². The van der Waals surface area contributed by atoms with Crippen molar-refractivity contribution in [2.75, 3.05) is 24.2 Å². The number of rotatable bonds is 4. The van der Waals surface area contributed by atoms with Gasteiger partial charge in [0.1, 0.15) is 16.9 Å². The van der Waals surface area contributed by atoms with E-state index in [-0.39, 0.29) is 16.2 Å². The van der Waals surface area contributed by atoms with Crippen molar-refractivity contribution in [3.63, 3.8) is 0 Å². The summed E-state index contributed by atoms with van der Waals surface area (Å²) in [4.78, 5) is 28.0.